The summed E-state index contributed by atoms with van der Waals surface area (Å²) in [5, 5.41) is 0.670. The lowest BCUT2D eigenvalue weighted by Gasteiger charge is -2.41. The Kier molecular flexibility index (Phi) is 6.25. The van der Waals surface area contributed by atoms with Gasteiger partial charge in [-0.3, -0.25) is 0 Å². The highest BCUT2D eigenvalue weighted by atomic mass is 35.5. The summed E-state index contributed by atoms with van der Waals surface area (Å²) >= 11 is 12.2. The van der Waals surface area contributed by atoms with Crippen LogP contribution in [0.25, 0.3) is 10.9 Å². The minimum atomic E-state index is -1.78. The van der Waals surface area contributed by atoms with Crippen molar-refractivity contribution in [1.29, 1.82) is 0 Å². The fraction of sp³-hybridized carbons (Fsp3) is 0.600. The molecule has 4 nitrogen and oxygen atoms in total. The highest BCUT2D eigenvalue weighted by Crippen LogP contribution is 2.40. The van der Waals surface area contributed by atoms with Crippen LogP contribution in [0.1, 0.15) is 46.5 Å². The van der Waals surface area contributed by atoms with Crippen LogP contribution in [0.3, 0.4) is 0 Å². The van der Waals surface area contributed by atoms with Gasteiger partial charge in [-0.1, -0.05) is 32.4 Å². The molecule has 0 spiro atoms. The van der Waals surface area contributed by atoms with Crippen LogP contribution < -0.4 is 4.74 Å². The van der Waals surface area contributed by atoms with Gasteiger partial charge in [0.2, 0.25) is 5.28 Å². The van der Waals surface area contributed by atoms with Gasteiger partial charge in [-0.05, 0) is 61.5 Å². The van der Waals surface area contributed by atoms with Crippen molar-refractivity contribution >= 4 is 42.4 Å². The smallest absolute Gasteiger partial charge is 0.223 e. The van der Waals surface area contributed by atoms with Gasteiger partial charge >= 0.3 is 0 Å². The standard InChI is InChI=1S/C20H27Cl2FN2O2Si/c1-20(2,3)28(4,5)27-13-8-6-12(7-9-13)26-18-15(21)10-16(23)14-11-24-19(22)25-17(14)18/h10-13H,6-9H2,1-5H3/t12-,13+. The van der Waals surface area contributed by atoms with Crippen LogP contribution in [0.4, 0.5) is 4.39 Å². The second-order valence-corrected chi connectivity index (χ2v) is 14.5. The summed E-state index contributed by atoms with van der Waals surface area (Å²) in [6.45, 7) is 11.3. The van der Waals surface area contributed by atoms with Crippen molar-refractivity contribution < 1.29 is 13.6 Å². The molecule has 1 aromatic heterocycles. The van der Waals surface area contributed by atoms with E-state index >= 15 is 0 Å². The SMILES string of the molecule is CC(C)(C)[Si](C)(C)O[C@H]1CC[C@@H](Oc2c(Cl)cc(F)c3cnc(Cl)nc23)CC1. The fourth-order valence-corrected chi connectivity index (χ4v) is 5.00. The molecule has 2 aromatic rings. The lowest BCUT2D eigenvalue weighted by molar-refractivity contribution is 0.0733. The highest BCUT2D eigenvalue weighted by molar-refractivity contribution is 6.74. The molecule has 0 bridgehead atoms. The zero-order valence-electron chi connectivity index (χ0n) is 17.0. The molecule has 0 aliphatic heterocycles. The zero-order chi connectivity index (χ0) is 20.7. The van der Waals surface area contributed by atoms with Crippen molar-refractivity contribution in [3.8, 4) is 5.75 Å². The molecule has 0 atom stereocenters. The van der Waals surface area contributed by atoms with E-state index in [-0.39, 0.29) is 32.9 Å². The molecule has 8 heteroatoms. The van der Waals surface area contributed by atoms with Gasteiger partial charge in [0.25, 0.3) is 0 Å². The maximum absolute atomic E-state index is 14.2. The maximum atomic E-state index is 14.2. The third-order valence-corrected chi connectivity index (χ3v) is 10.9. The molecule has 28 heavy (non-hydrogen) atoms. The van der Waals surface area contributed by atoms with Crippen LogP contribution in [-0.4, -0.2) is 30.5 Å². The lowest BCUT2D eigenvalue weighted by atomic mass is 9.95. The quantitative estimate of drug-likeness (QED) is 0.384. The predicted molar refractivity (Wildman–Crippen MR) is 114 cm³/mol. The number of hydrogen-bond acceptors (Lipinski definition) is 4. The van der Waals surface area contributed by atoms with Crippen molar-refractivity contribution in [1.82, 2.24) is 9.97 Å². The van der Waals surface area contributed by atoms with E-state index in [0.29, 0.717) is 11.3 Å². The van der Waals surface area contributed by atoms with Crippen LogP contribution in [0.2, 0.25) is 28.4 Å². The van der Waals surface area contributed by atoms with Gasteiger partial charge < -0.3 is 9.16 Å². The summed E-state index contributed by atoms with van der Waals surface area (Å²) in [7, 11) is -1.78. The molecule has 0 N–H and O–H groups in total. The Morgan fingerprint density at radius 2 is 1.71 bits per heavy atom. The third-order valence-electron chi connectivity index (χ3n) is 5.88. The van der Waals surface area contributed by atoms with Crippen molar-refractivity contribution in [3.63, 3.8) is 0 Å². The molecule has 0 unspecified atom stereocenters. The van der Waals surface area contributed by atoms with Crippen molar-refractivity contribution in [3.05, 3.63) is 28.4 Å². The van der Waals surface area contributed by atoms with Crippen LogP contribution in [0, 0.1) is 5.82 Å². The number of ether oxygens (including phenoxy) is 1. The van der Waals surface area contributed by atoms with E-state index in [9.17, 15) is 4.39 Å². The van der Waals surface area contributed by atoms with E-state index in [2.05, 4.69) is 43.8 Å². The second-order valence-electron chi connectivity index (χ2n) is 8.97. The average molecular weight is 445 g/mol. The van der Waals surface area contributed by atoms with E-state index in [1.54, 1.807) is 0 Å². The number of halogens is 3. The highest BCUT2D eigenvalue weighted by Gasteiger charge is 2.40. The first-order valence-electron chi connectivity index (χ1n) is 9.62. The molecule has 1 heterocycles. The van der Waals surface area contributed by atoms with Gasteiger partial charge in [-0.2, -0.15) is 0 Å². The average Bonchev–Trinajstić information content (AvgIpc) is 2.58. The Balaban J connectivity index is 1.71. The van der Waals surface area contributed by atoms with Crippen molar-refractivity contribution in [2.75, 3.05) is 0 Å². The predicted octanol–water partition coefficient (Wildman–Crippen LogP) is 6.79. The second kappa shape index (κ2) is 8.05. The molecule has 0 radical (unpaired) electrons. The number of benzene rings is 1. The number of fused-ring (bicyclic) bond motifs is 1. The van der Waals surface area contributed by atoms with E-state index in [1.165, 1.54) is 12.3 Å². The third kappa shape index (κ3) is 4.61. The largest absolute Gasteiger partial charge is 0.487 e. The van der Waals surface area contributed by atoms with Gasteiger partial charge in [0, 0.05) is 12.3 Å². The van der Waals surface area contributed by atoms with E-state index in [0.717, 1.165) is 25.7 Å². The van der Waals surface area contributed by atoms with Crippen LogP contribution in [-0.2, 0) is 4.43 Å². The summed E-state index contributed by atoms with van der Waals surface area (Å²) in [6, 6.07) is 1.24. The molecular weight excluding hydrogens is 418 g/mol. The zero-order valence-corrected chi connectivity index (χ0v) is 19.5. The van der Waals surface area contributed by atoms with Gasteiger partial charge in [0.1, 0.15) is 11.3 Å². The van der Waals surface area contributed by atoms with Crippen molar-refractivity contribution in [2.45, 2.75) is 76.8 Å². The number of rotatable bonds is 4. The van der Waals surface area contributed by atoms with Crippen LogP contribution in [0.15, 0.2) is 12.3 Å². The Morgan fingerprint density at radius 1 is 1.11 bits per heavy atom. The first-order valence-corrected chi connectivity index (χ1v) is 13.3. The van der Waals surface area contributed by atoms with Crippen LogP contribution in [0.5, 0.6) is 5.75 Å². The van der Waals surface area contributed by atoms with Gasteiger partial charge in [0.05, 0.1) is 16.5 Å². The summed E-state index contributed by atoms with van der Waals surface area (Å²) in [6.07, 6.45) is 5.18. The molecular formula is C20H27Cl2FN2O2Si. The molecule has 3 rings (SSSR count). The normalized spacial score (nSPS) is 21.1. The van der Waals surface area contributed by atoms with Gasteiger partial charge in [0.15, 0.2) is 14.1 Å². The van der Waals surface area contributed by atoms with E-state index in [4.69, 9.17) is 32.4 Å². The van der Waals surface area contributed by atoms with E-state index < -0.39 is 14.1 Å². The molecule has 1 fully saturated rings. The topological polar surface area (TPSA) is 44.2 Å². The monoisotopic (exact) mass is 444 g/mol. The summed E-state index contributed by atoms with van der Waals surface area (Å²) in [5.41, 5.74) is 0.310. The Hall–Kier alpha value is -0.953. The fourth-order valence-electron chi connectivity index (χ4n) is 3.22. The van der Waals surface area contributed by atoms with Gasteiger partial charge in [-0.15, -0.1) is 0 Å². The Bertz CT molecular complexity index is 865. The number of hydrogen-bond donors (Lipinski definition) is 0. The summed E-state index contributed by atoms with van der Waals surface area (Å²) < 4.78 is 26.9. The molecule has 1 saturated carbocycles. The van der Waals surface area contributed by atoms with Crippen LogP contribution >= 0.6 is 23.2 Å². The first kappa shape index (κ1) is 21.7. The number of nitrogens with zero attached hydrogens (tertiary/aromatic N) is 2. The minimum absolute atomic E-state index is 0.0147. The first-order chi connectivity index (χ1) is 13.0. The van der Waals surface area contributed by atoms with E-state index in [1.807, 2.05) is 0 Å². The van der Waals surface area contributed by atoms with Gasteiger partial charge in [-0.25, -0.2) is 14.4 Å². The summed E-state index contributed by atoms with van der Waals surface area (Å²) in [5.74, 6) is -0.119. The Morgan fingerprint density at radius 3 is 2.32 bits per heavy atom. The molecule has 1 aromatic carbocycles. The molecule has 1 aliphatic rings. The molecule has 0 saturated heterocycles. The minimum Gasteiger partial charge on any atom is -0.487 e. The maximum Gasteiger partial charge on any atom is 0.223 e. The van der Waals surface area contributed by atoms with Crippen molar-refractivity contribution in [2.24, 2.45) is 0 Å². The Labute approximate surface area is 176 Å². The molecule has 0 amide bonds. The molecule has 1 aliphatic carbocycles. The molecule has 154 valence electrons. The summed E-state index contributed by atoms with van der Waals surface area (Å²) in [4.78, 5) is 7.99. The lowest BCUT2D eigenvalue weighted by Crippen LogP contribution is -2.45. The number of aromatic nitrogens is 2.